The summed E-state index contributed by atoms with van der Waals surface area (Å²) in [7, 11) is 4.06. The fourth-order valence-electron chi connectivity index (χ4n) is 1.45. The van der Waals surface area contributed by atoms with Gasteiger partial charge in [-0.05, 0) is 31.0 Å². The lowest BCUT2D eigenvalue weighted by molar-refractivity contribution is 0.477. The van der Waals surface area contributed by atoms with E-state index in [9.17, 15) is 0 Å². The predicted molar refractivity (Wildman–Crippen MR) is 66.1 cm³/mol. The molecule has 3 nitrogen and oxygen atoms in total. The van der Waals surface area contributed by atoms with Crippen molar-refractivity contribution in [2.75, 3.05) is 25.5 Å². The van der Waals surface area contributed by atoms with Crippen LogP contribution in [0.1, 0.15) is 12.5 Å². The van der Waals surface area contributed by atoms with Gasteiger partial charge in [0.2, 0.25) is 0 Å². The van der Waals surface area contributed by atoms with Gasteiger partial charge in [0.25, 0.3) is 0 Å². The van der Waals surface area contributed by atoms with Gasteiger partial charge in [-0.25, -0.2) is 0 Å². The first-order chi connectivity index (χ1) is 6.94. The highest BCUT2D eigenvalue weighted by atomic mass is 15.1. The molecule has 0 saturated carbocycles. The Labute approximate surface area is 92.1 Å². The Hall–Kier alpha value is -1.06. The van der Waals surface area contributed by atoms with Crippen molar-refractivity contribution < 1.29 is 0 Å². The smallest absolute Gasteiger partial charge is 0.0361 e. The highest BCUT2D eigenvalue weighted by Gasteiger charge is 2.16. The molecule has 1 rings (SSSR count). The molecule has 0 aliphatic carbocycles. The van der Waals surface area contributed by atoms with Gasteiger partial charge in [-0.3, -0.25) is 0 Å². The zero-order chi connectivity index (χ0) is 11.5. The minimum atomic E-state index is -0.306. The first-order valence-corrected chi connectivity index (χ1v) is 5.20. The third kappa shape index (κ3) is 3.53. The van der Waals surface area contributed by atoms with E-state index in [2.05, 4.69) is 29.2 Å². The highest BCUT2D eigenvalue weighted by molar-refractivity contribution is 5.46. The molecule has 0 heterocycles. The van der Waals surface area contributed by atoms with E-state index >= 15 is 0 Å². The summed E-state index contributed by atoms with van der Waals surface area (Å²) in [5.74, 6) is 0. The van der Waals surface area contributed by atoms with Gasteiger partial charge in [0.05, 0.1) is 0 Å². The Morgan fingerprint density at radius 2 is 1.73 bits per heavy atom. The van der Waals surface area contributed by atoms with E-state index in [0.717, 1.165) is 6.42 Å². The lowest BCUT2D eigenvalue weighted by Gasteiger charge is -2.22. The van der Waals surface area contributed by atoms with Crippen molar-refractivity contribution in [3.05, 3.63) is 29.8 Å². The van der Waals surface area contributed by atoms with Crippen molar-refractivity contribution in [1.82, 2.24) is 0 Å². The van der Waals surface area contributed by atoms with Gasteiger partial charge >= 0.3 is 0 Å². The number of nitrogens with two attached hydrogens (primary N) is 2. The van der Waals surface area contributed by atoms with E-state index in [-0.39, 0.29) is 5.54 Å². The van der Waals surface area contributed by atoms with Crippen LogP contribution in [0.25, 0.3) is 0 Å². The maximum atomic E-state index is 6.01. The Morgan fingerprint density at radius 3 is 2.13 bits per heavy atom. The second-order valence-electron chi connectivity index (χ2n) is 4.60. The number of anilines is 1. The van der Waals surface area contributed by atoms with Crippen LogP contribution in [0.2, 0.25) is 0 Å². The fraction of sp³-hybridized carbons (Fsp3) is 0.500. The lowest BCUT2D eigenvalue weighted by Crippen LogP contribution is -2.45. The van der Waals surface area contributed by atoms with Crippen molar-refractivity contribution in [1.29, 1.82) is 0 Å². The zero-order valence-corrected chi connectivity index (χ0v) is 9.83. The Balaban J connectivity index is 2.73. The Morgan fingerprint density at radius 1 is 1.20 bits per heavy atom. The van der Waals surface area contributed by atoms with Crippen molar-refractivity contribution in [2.24, 2.45) is 11.5 Å². The van der Waals surface area contributed by atoms with Crippen molar-refractivity contribution >= 4 is 5.69 Å². The second-order valence-corrected chi connectivity index (χ2v) is 4.60. The summed E-state index contributed by atoms with van der Waals surface area (Å²) in [4.78, 5) is 2.08. The minimum absolute atomic E-state index is 0.306. The number of benzene rings is 1. The summed E-state index contributed by atoms with van der Waals surface area (Å²) in [6, 6.07) is 8.41. The minimum Gasteiger partial charge on any atom is -0.378 e. The van der Waals surface area contributed by atoms with E-state index in [1.165, 1.54) is 11.3 Å². The summed E-state index contributed by atoms with van der Waals surface area (Å²) in [6.45, 7) is 2.48. The molecule has 0 amide bonds. The zero-order valence-electron chi connectivity index (χ0n) is 9.83. The van der Waals surface area contributed by atoms with Crippen LogP contribution in [0.5, 0.6) is 0 Å². The fourth-order valence-corrected chi connectivity index (χ4v) is 1.45. The summed E-state index contributed by atoms with van der Waals surface area (Å²) < 4.78 is 0. The molecule has 0 fully saturated rings. The normalized spacial score (nSPS) is 14.7. The predicted octanol–water partition coefficient (Wildman–Crippen LogP) is 0.971. The quantitative estimate of drug-likeness (QED) is 0.773. The largest absolute Gasteiger partial charge is 0.378 e. The molecule has 1 aromatic carbocycles. The van der Waals surface area contributed by atoms with Gasteiger partial charge < -0.3 is 16.4 Å². The van der Waals surface area contributed by atoms with E-state index in [4.69, 9.17) is 11.5 Å². The third-order valence-electron chi connectivity index (χ3n) is 2.53. The molecule has 15 heavy (non-hydrogen) atoms. The molecular weight excluding hydrogens is 186 g/mol. The van der Waals surface area contributed by atoms with E-state index in [1.54, 1.807) is 0 Å². The van der Waals surface area contributed by atoms with Gasteiger partial charge in [0.1, 0.15) is 0 Å². The average Bonchev–Trinajstić information content (AvgIpc) is 2.18. The molecule has 0 aliphatic rings. The first kappa shape index (κ1) is 12.0. The molecule has 4 N–H and O–H groups in total. The molecule has 0 aliphatic heterocycles. The molecule has 0 aromatic heterocycles. The van der Waals surface area contributed by atoms with Crippen LogP contribution in [0.15, 0.2) is 24.3 Å². The van der Waals surface area contributed by atoms with Crippen LogP contribution in [0.4, 0.5) is 5.69 Å². The molecule has 0 bridgehead atoms. The number of hydrogen-bond acceptors (Lipinski definition) is 3. The molecule has 84 valence electrons. The standard InChI is InChI=1S/C12H21N3/c1-12(14,9-13)8-10-4-6-11(7-5-10)15(2)3/h4-7H,8-9,13-14H2,1-3H3. The molecule has 1 atom stereocenters. The topological polar surface area (TPSA) is 55.3 Å². The molecule has 0 radical (unpaired) electrons. The SMILES string of the molecule is CN(C)c1ccc(CC(C)(N)CN)cc1. The van der Waals surface area contributed by atoms with Crippen molar-refractivity contribution in [3.8, 4) is 0 Å². The van der Waals surface area contributed by atoms with E-state index in [0.29, 0.717) is 6.54 Å². The van der Waals surface area contributed by atoms with Gasteiger partial charge in [-0.2, -0.15) is 0 Å². The maximum absolute atomic E-state index is 6.01. The summed E-state index contributed by atoms with van der Waals surface area (Å²) in [5.41, 5.74) is 13.7. The molecular formula is C12H21N3. The van der Waals surface area contributed by atoms with Crippen LogP contribution >= 0.6 is 0 Å². The lowest BCUT2D eigenvalue weighted by atomic mass is 9.94. The van der Waals surface area contributed by atoms with Gasteiger partial charge in [-0.1, -0.05) is 12.1 Å². The first-order valence-electron chi connectivity index (χ1n) is 5.20. The third-order valence-corrected chi connectivity index (χ3v) is 2.53. The van der Waals surface area contributed by atoms with Gasteiger partial charge in [0, 0.05) is 31.9 Å². The number of hydrogen-bond donors (Lipinski definition) is 2. The monoisotopic (exact) mass is 207 g/mol. The van der Waals surface area contributed by atoms with Gasteiger partial charge in [-0.15, -0.1) is 0 Å². The van der Waals surface area contributed by atoms with Crippen molar-refractivity contribution in [2.45, 2.75) is 18.9 Å². The number of nitrogens with zero attached hydrogens (tertiary/aromatic N) is 1. The summed E-state index contributed by atoms with van der Waals surface area (Å²) in [5, 5.41) is 0. The molecule has 1 unspecified atom stereocenters. The Bertz CT molecular complexity index is 301. The molecule has 0 spiro atoms. The summed E-state index contributed by atoms with van der Waals surface area (Å²) >= 11 is 0. The summed E-state index contributed by atoms with van der Waals surface area (Å²) in [6.07, 6.45) is 0.817. The van der Waals surface area contributed by atoms with Crippen LogP contribution in [0.3, 0.4) is 0 Å². The Kier molecular flexibility index (Phi) is 3.72. The number of rotatable bonds is 4. The molecule has 1 aromatic rings. The van der Waals surface area contributed by atoms with Crippen LogP contribution < -0.4 is 16.4 Å². The van der Waals surface area contributed by atoms with E-state index < -0.39 is 0 Å². The van der Waals surface area contributed by atoms with E-state index in [1.807, 2.05) is 21.0 Å². The molecule has 0 saturated heterocycles. The van der Waals surface area contributed by atoms with Crippen LogP contribution in [-0.4, -0.2) is 26.2 Å². The van der Waals surface area contributed by atoms with Crippen LogP contribution in [0, 0.1) is 0 Å². The average molecular weight is 207 g/mol. The maximum Gasteiger partial charge on any atom is 0.0361 e. The van der Waals surface area contributed by atoms with Gasteiger partial charge in [0.15, 0.2) is 0 Å². The van der Waals surface area contributed by atoms with Crippen molar-refractivity contribution in [3.63, 3.8) is 0 Å². The molecule has 3 heteroatoms. The van der Waals surface area contributed by atoms with Crippen LogP contribution in [-0.2, 0) is 6.42 Å². The second kappa shape index (κ2) is 4.64. The highest BCUT2D eigenvalue weighted by Crippen LogP contribution is 2.15.